The fourth-order valence-corrected chi connectivity index (χ4v) is 1.48. The van der Waals surface area contributed by atoms with Crippen molar-refractivity contribution in [1.82, 2.24) is 0 Å². The van der Waals surface area contributed by atoms with Gasteiger partial charge >= 0.3 is 5.97 Å². The third-order valence-electron chi connectivity index (χ3n) is 1.88. The summed E-state index contributed by atoms with van der Waals surface area (Å²) in [5.74, 6) is -2.32. The minimum atomic E-state index is -3.18. The summed E-state index contributed by atoms with van der Waals surface area (Å²) in [6.45, 7) is -0.176. The lowest BCUT2D eigenvalue weighted by Crippen LogP contribution is -2.13. The number of carboxylic acid groups (broad SMARTS) is 1. The van der Waals surface area contributed by atoms with Gasteiger partial charge in [-0.3, -0.25) is 0 Å². The van der Waals surface area contributed by atoms with E-state index in [1.165, 1.54) is 0 Å². The molecule has 17 heavy (non-hydrogen) atoms. The van der Waals surface area contributed by atoms with Crippen LogP contribution in [-0.4, -0.2) is 38.1 Å². The number of ether oxygens (including phenoxy) is 1. The zero-order chi connectivity index (χ0) is 13.1. The number of halogens is 1. The number of hydrogen-bond donors (Lipinski definition) is 1. The fraction of sp³-hybridized carbons (Fsp3) is 0.300. The van der Waals surface area contributed by atoms with E-state index in [0.29, 0.717) is 0 Å². The third-order valence-corrected chi connectivity index (χ3v) is 2.79. The van der Waals surface area contributed by atoms with E-state index in [0.717, 1.165) is 24.5 Å². The zero-order valence-corrected chi connectivity index (χ0v) is 9.83. The smallest absolute Gasteiger partial charge is 0.339 e. The van der Waals surface area contributed by atoms with Crippen LogP contribution in [0, 0.1) is 5.82 Å². The van der Waals surface area contributed by atoms with Gasteiger partial charge in [-0.2, -0.15) is 0 Å². The number of carbonyl (C=O) groups is 1. The van der Waals surface area contributed by atoms with Gasteiger partial charge in [0.2, 0.25) is 0 Å². The van der Waals surface area contributed by atoms with Gasteiger partial charge in [0.25, 0.3) is 0 Å². The van der Waals surface area contributed by atoms with E-state index in [-0.39, 0.29) is 23.7 Å². The predicted octanol–water partition coefficient (Wildman–Crippen LogP) is 0.947. The molecule has 5 nitrogen and oxygen atoms in total. The molecule has 0 aliphatic rings. The number of carboxylic acids is 1. The summed E-state index contributed by atoms with van der Waals surface area (Å²) in [6, 6.07) is 3.02. The van der Waals surface area contributed by atoms with Gasteiger partial charge in [-0.05, 0) is 18.2 Å². The maximum Gasteiger partial charge on any atom is 0.339 e. The average Bonchev–Trinajstić information content (AvgIpc) is 2.18. The Morgan fingerprint density at radius 3 is 2.65 bits per heavy atom. The first kappa shape index (κ1) is 13.4. The van der Waals surface area contributed by atoms with Gasteiger partial charge in [-0.25, -0.2) is 17.6 Å². The lowest BCUT2D eigenvalue weighted by atomic mass is 10.2. The maximum atomic E-state index is 12.8. The molecular weight excluding hydrogens is 251 g/mol. The Morgan fingerprint density at radius 2 is 2.12 bits per heavy atom. The van der Waals surface area contributed by atoms with Crippen molar-refractivity contribution in [3.63, 3.8) is 0 Å². The van der Waals surface area contributed by atoms with E-state index >= 15 is 0 Å². The highest BCUT2D eigenvalue weighted by atomic mass is 32.2. The zero-order valence-electron chi connectivity index (χ0n) is 9.01. The summed E-state index contributed by atoms with van der Waals surface area (Å²) in [5, 5.41) is 8.78. The molecule has 0 bridgehead atoms. The summed E-state index contributed by atoms with van der Waals surface area (Å²) >= 11 is 0. The quantitative estimate of drug-likeness (QED) is 0.854. The van der Waals surface area contributed by atoms with Gasteiger partial charge in [0.05, 0.1) is 5.75 Å². The second-order valence-electron chi connectivity index (χ2n) is 3.42. The van der Waals surface area contributed by atoms with Crippen LogP contribution in [0.3, 0.4) is 0 Å². The van der Waals surface area contributed by atoms with Crippen LogP contribution >= 0.6 is 0 Å². The van der Waals surface area contributed by atoms with Gasteiger partial charge < -0.3 is 9.84 Å². The topological polar surface area (TPSA) is 80.7 Å². The lowest BCUT2D eigenvalue weighted by Gasteiger charge is -2.08. The van der Waals surface area contributed by atoms with Crippen LogP contribution in [-0.2, 0) is 9.84 Å². The Hall–Kier alpha value is -1.63. The Morgan fingerprint density at radius 1 is 1.47 bits per heavy atom. The largest absolute Gasteiger partial charge is 0.492 e. The summed E-state index contributed by atoms with van der Waals surface area (Å²) in [7, 11) is -3.18. The second kappa shape index (κ2) is 5.13. The second-order valence-corrected chi connectivity index (χ2v) is 5.68. The van der Waals surface area contributed by atoms with Crippen molar-refractivity contribution in [3.8, 4) is 5.75 Å². The van der Waals surface area contributed by atoms with Crippen molar-refractivity contribution in [3.05, 3.63) is 29.6 Å². The molecule has 0 atom stereocenters. The van der Waals surface area contributed by atoms with Gasteiger partial charge in [0, 0.05) is 6.26 Å². The molecule has 0 heterocycles. The van der Waals surface area contributed by atoms with E-state index in [9.17, 15) is 17.6 Å². The van der Waals surface area contributed by atoms with Crippen molar-refractivity contribution < 1.29 is 27.4 Å². The van der Waals surface area contributed by atoms with Gasteiger partial charge in [0.15, 0.2) is 9.84 Å². The molecule has 1 rings (SSSR count). The lowest BCUT2D eigenvalue weighted by molar-refractivity contribution is 0.0692. The van der Waals surface area contributed by atoms with E-state index in [1.807, 2.05) is 0 Å². The highest BCUT2D eigenvalue weighted by Crippen LogP contribution is 2.19. The normalized spacial score (nSPS) is 11.2. The monoisotopic (exact) mass is 262 g/mol. The molecule has 1 aromatic rings. The van der Waals surface area contributed by atoms with Gasteiger partial charge in [0.1, 0.15) is 23.7 Å². The summed E-state index contributed by atoms with van der Waals surface area (Å²) in [5.41, 5.74) is -0.335. The van der Waals surface area contributed by atoms with Crippen molar-refractivity contribution in [2.75, 3.05) is 18.6 Å². The fourth-order valence-electron chi connectivity index (χ4n) is 1.10. The number of benzene rings is 1. The Bertz CT molecular complexity index is 523. The minimum Gasteiger partial charge on any atom is -0.492 e. The molecule has 0 spiro atoms. The van der Waals surface area contributed by atoms with Crippen LogP contribution < -0.4 is 4.74 Å². The molecule has 0 amide bonds. The third kappa shape index (κ3) is 4.39. The molecule has 1 aromatic carbocycles. The van der Waals surface area contributed by atoms with Crippen LogP contribution in [0.1, 0.15) is 10.4 Å². The van der Waals surface area contributed by atoms with Crippen LogP contribution in [0.5, 0.6) is 5.75 Å². The first-order chi connectivity index (χ1) is 7.79. The maximum absolute atomic E-state index is 12.8. The van der Waals surface area contributed by atoms with Crippen LogP contribution in [0.25, 0.3) is 0 Å². The molecule has 1 N–H and O–H groups in total. The summed E-state index contributed by atoms with van der Waals surface area (Å²) < 4.78 is 39.5. The van der Waals surface area contributed by atoms with Crippen molar-refractivity contribution >= 4 is 15.8 Å². The van der Waals surface area contributed by atoms with Crippen molar-refractivity contribution in [2.24, 2.45) is 0 Å². The molecule has 0 fully saturated rings. The molecule has 0 unspecified atom stereocenters. The average molecular weight is 262 g/mol. The molecule has 0 aromatic heterocycles. The van der Waals surface area contributed by atoms with Crippen LogP contribution in [0.4, 0.5) is 4.39 Å². The molecule has 0 saturated heterocycles. The minimum absolute atomic E-state index is 0.0532. The standard InChI is InChI=1S/C10H11FO5S/c1-17(14,15)5-4-16-9-3-2-7(11)6-8(9)10(12)13/h2-3,6H,4-5H2,1H3,(H,12,13). The molecule has 7 heteroatoms. The molecule has 0 aliphatic carbocycles. The number of rotatable bonds is 5. The van der Waals surface area contributed by atoms with Crippen molar-refractivity contribution in [1.29, 1.82) is 0 Å². The van der Waals surface area contributed by atoms with Crippen molar-refractivity contribution in [2.45, 2.75) is 0 Å². The summed E-state index contributed by atoms with van der Waals surface area (Å²) in [4.78, 5) is 10.8. The van der Waals surface area contributed by atoms with E-state index in [4.69, 9.17) is 9.84 Å². The van der Waals surface area contributed by atoms with E-state index in [2.05, 4.69) is 0 Å². The summed E-state index contributed by atoms with van der Waals surface area (Å²) in [6.07, 6.45) is 1.04. The Labute approximate surface area is 97.8 Å². The van der Waals surface area contributed by atoms with Gasteiger partial charge in [-0.15, -0.1) is 0 Å². The van der Waals surface area contributed by atoms with Crippen LogP contribution in [0.15, 0.2) is 18.2 Å². The van der Waals surface area contributed by atoms with E-state index in [1.54, 1.807) is 0 Å². The first-order valence-corrected chi connectivity index (χ1v) is 6.69. The Kier molecular flexibility index (Phi) is 4.06. The number of hydrogen-bond acceptors (Lipinski definition) is 4. The van der Waals surface area contributed by atoms with Crippen LogP contribution in [0.2, 0.25) is 0 Å². The Balaban J connectivity index is 2.81. The number of sulfone groups is 1. The molecule has 94 valence electrons. The first-order valence-electron chi connectivity index (χ1n) is 4.63. The number of aromatic carboxylic acids is 1. The highest BCUT2D eigenvalue weighted by molar-refractivity contribution is 7.90. The predicted molar refractivity (Wildman–Crippen MR) is 58.6 cm³/mol. The molecular formula is C10H11FO5S. The van der Waals surface area contributed by atoms with E-state index < -0.39 is 21.6 Å². The van der Waals surface area contributed by atoms with Gasteiger partial charge in [-0.1, -0.05) is 0 Å². The molecule has 0 aliphatic heterocycles. The molecule has 0 saturated carbocycles. The SMILES string of the molecule is CS(=O)(=O)CCOc1ccc(F)cc1C(=O)O. The highest BCUT2D eigenvalue weighted by Gasteiger charge is 2.13. The molecule has 0 radical (unpaired) electrons.